The van der Waals surface area contributed by atoms with Gasteiger partial charge in [0.1, 0.15) is 0 Å². The van der Waals surface area contributed by atoms with E-state index in [1.54, 1.807) is 0 Å². The van der Waals surface area contributed by atoms with Gasteiger partial charge in [-0.05, 0) is 43.4 Å². The van der Waals surface area contributed by atoms with Crippen molar-refractivity contribution in [2.45, 2.75) is 64.3 Å². The molecule has 1 aliphatic rings. The summed E-state index contributed by atoms with van der Waals surface area (Å²) in [5.74, 6) is 0. The quantitative estimate of drug-likeness (QED) is 0.637. The summed E-state index contributed by atoms with van der Waals surface area (Å²) in [5.41, 5.74) is 2.69. The summed E-state index contributed by atoms with van der Waals surface area (Å²) >= 11 is 0. The van der Waals surface area contributed by atoms with Gasteiger partial charge in [0.25, 0.3) is 0 Å². The zero-order valence-corrected chi connectivity index (χ0v) is 15.4. The number of hydrogen-bond donors (Lipinski definition) is 0. The van der Waals surface area contributed by atoms with Gasteiger partial charge in [-0.25, -0.2) is 0 Å². The van der Waals surface area contributed by atoms with Crippen molar-refractivity contribution >= 4 is 0 Å². The van der Waals surface area contributed by atoms with Crippen LogP contribution in [-0.2, 0) is 17.9 Å². The lowest BCUT2D eigenvalue weighted by Crippen LogP contribution is -2.41. The number of nitrogens with zero attached hydrogens (tertiary/aromatic N) is 1. The summed E-state index contributed by atoms with van der Waals surface area (Å²) in [4.78, 5) is 2.67. The third kappa shape index (κ3) is 5.69. The van der Waals surface area contributed by atoms with Crippen molar-refractivity contribution in [1.82, 2.24) is 4.90 Å². The van der Waals surface area contributed by atoms with Gasteiger partial charge in [-0.2, -0.15) is 0 Å². The van der Waals surface area contributed by atoms with E-state index in [2.05, 4.69) is 72.5 Å². The van der Waals surface area contributed by atoms with Gasteiger partial charge in [0.2, 0.25) is 0 Å². The van der Waals surface area contributed by atoms with E-state index >= 15 is 0 Å². The van der Waals surface area contributed by atoms with E-state index in [1.807, 2.05) is 0 Å². The Bertz CT molecular complexity index is 598. The lowest BCUT2D eigenvalue weighted by atomic mass is 9.95. The Morgan fingerprint density at radius 3 is 2.32 bits per heavy atom. The molecule has 1 aliphatic heterocycles. The van der Waals surface area contributed by atoms with Crippen LogP contribution in [0, 0.1) is 0 Å². The van der Waals surface area contributed by atoms with Crippen LogP contribution in [0.15, 0.2) is 60.7 Å². The second-order valence-corrected chi connectivity index (χ2v) is 7.17. The molecule has 1 fully saturated rings. The second-order valence-electron chi connectivity index (χ2n) is 7.17. The molecule has 0 amide bonds. The highest BCUT2D eigenvalue weighted by Gasteiger charge is 2.25. The molecule has 0 aromatic heterocycles. The maximum atomic E-state index is 6.25. The Hall–Kier alpha value is -1.64. The van der Waals surface area contributed by atoms with Crippen molar-refractivity contribution in [2.75, 3.05) is 6.54 Å². The number of benzene rings is 2. The lowest BCUT2D eigenvalue weighted by Gasteiger charge is -2.37. The van der Waals surface area contributed by atoms with Gasteiger partial charge in [-0.1, -0.05) is 74.0 Å². The zero-order valence-electron chi connectivity index (χ0n) is 15.4. The predicted molar refractivity (Wildman–Crippen MR) is 104 cm³/mol. The van der Waals surface area contributed by atoms with Crippen molar-refractivity contribution in [3.8, 4) is 0 Å². The highest BCUT2D eigenvalue weighted by Crippen LogP contribution is 2.25. The minimum atomic E-state index is 0.349. The van der Waals surface area contributed by atoms with Gasteiger partial charge in [0.05, 0.1) is 12.7 Å². The van der Waals surface area contributed by atoms with Crippen molar-refractivity contribution in [2.24, 2.45) is 0 Å². The summed E-state index contributed by atoms with van der Waals surface area (Å²) < 4.78 is 6.25. The van der Waals surface area contributed by atoms with Gasteiger partial charge in [0.15, 0.2) is 0 Å². The molecule has 134 valence electrons. The van der Waals surface area contributed by atoms with E-state index in [9.17, 15) is 0 Å². The first-order valence-corrected chi connectivity index (χ1v) is 9.78. The van der Waals surface area contributed by atoms with E-state index in [0.29, 0.717) is 12.1 Å². The Labute approximate surface area is 152 Å². The minimum absolute atomic E-state index is 0.349. The van der Waals surface area contributed by atoms with Gasteiger partial charge >= 0.3 is 0 Å². The van der Waals surface area contributed by atoms with Crippen LogP contribution in [0.25, 0.3) is 0 Å². The van der Waals surface area contributed by atoms with E-state index in [4.69, 9.17) is 4.74 Å². The topological polar surface area (TPSA) is 12.5 Å². The van der Waals surface area contributed by atoms with Gasteiger partial charge in [-0.15, -0.1) is 0 Å². The number of piperidine rings is 1. The molecule has 2 heteroatoms. The molecule has 1 heterocycles. The lowest BCUT2D eigenvalue weighted by molar-refractivity contribution is 0.00322. The van der Waals surface area contributed by atoms with Crippen molar-refractivity contribution in [3.05, 3.63) is 71.8 Å². The average molecular weight is 338 g/mol. The molecule has 0 saturated carbocycles. The number of likely N-dealkylation sites (tertiary alicyclic amines) is 1. The van der Waals surface area contributed by atoms with Gasteiger partial charge in [0, 0.05) is 12.6 Å². The predicted octanol–water partition coefficient (Wildman–Crippen LogP) is 5.43. The molecule has 0 aliphatic carbocycles. The summed E-state index contributed by atoms with van der Waals surface area (Å²) in [6, 6.07) is 22.1. The van der Waals surface area contributed by atoms with Crippen LogP contribution in [0.3, 0.4) is 0 Å². The highest BCUT2D eigenvalue weighted by atomic mass is 16.5. The molecule has 25 heavy (non-hydrogen) atoms. The minimum Gasteiger partial charge on any atom is -0.373 e. The molecule has 0 unspecified atom stereocenters. The SMILES string of the molecule is CC[C@@H](C[C@@H]1CCCCN1Cc1ccccc1)OCc1ccccc1. The number of hydrogen-bond acceptors (Lipinski definition) is 2. The molecular formula is C23H31NO. The molecule has 3 rings (SSSR count). The van der Waals surface area contributed by atoms with Crippen molar-refractivity contribution < 1.29 is 4.74 Å². The fourth-order valence-corrected chi connectivity index (χ4v) is 3.80. The number of ether oxygens (including phenoxy) is 1. The van der Waals surface area contributed by atoms with Crippen LogP contribution in [-0.4, -0.2) is 23.6 Å². The maximum Gasteiger partial charge on any atom is 0.0720 e. The Balaban J connectivity index is 1.55. The summed E-state index contributed by atoms with van der Waals surface area (Å²) in [6.45, 7) is 5.26. The monoisotopic (exact) mass is 337 g/mol. The van der Waals surface area contributed by atoms with Gasteiger partial charge < -0.3 is 4.74 Å². The van der Waals surface area contributed by atoms with E-state index in [0.717, 1.165) is 26.0 Å². The van der Waals surface area contributed by atoms with Crippen LogP contribution in [0.4, 0.5) is 0 Å². The summed E-state index contributed by atoms with van der Waals surface area (Å²) in [7, 11) is 0. The molecule has 0 spiro atoms. The Kier molecular flexibility index (Phi) is 7.08. The van der Waals surface area contributed by atoms with E-state index in [-0.39, 0.29) is 0 Å². The second kappa shape index (κ2) is 9.74. The fourth-order valence-electron chi connectivity index (χ4n) is 3.80. The van der Waals surface area contributed by atoms with E-state index in [1.165, 1.54) is 36.9 Å². The van der Waals surface area contributed by atoms with Crippen molar-refractivity contribution in [1.29, 1.82) is 0 Å². The first kappa shape index (κ1) is 18.2. The molecule has 0 N–H and O–H groups in total. The summed E-state index contributed by atoms with van der Waals surface area (Å²) in [5, 5.41) is 0. The summed E-state index contributed by atoms with van der Waals surface area (Å²) in [6.07, 6.45) is 6.56. The molecule has 2 atom stereocenters. The first-order chi connectivity index (χ1) is 12.3. The van der Waals surface area contributed by atoms with Crippen LogP contribution < -0.4 is 0 Å². The average Bonchev–Trinajstić information content (AvgIpc) is 2.68. The Morgan fingerprint density at radius 2 is 1.64 bits per heavy atom. The molecule has 1 saturated heterocycles. The highest BCUT2D eigenvalue weighted by molar-refractivity contribution is 5.15. The van der Waals surface area contributed by atoms with Crippen LogP contribution in [0.5, 0.6) is 0 Å². The van der Waals surface area contributed by atoms with Gasteiger partial charge in [-0.3, -0.25) is 4.90 Å². The van der Waals surface area contributed by atoms with Crippen LogP contribution >= 0.6 is 0 Å². The third-order valence-corrected chi connectivity index (χ3v) is 5.30. The third-order valence-electron chi connectivity index (χ3n) is 5.30. The molecule has 0 bridgehead atoms. The standard InChI is InChI=1S/C23H31NO/c1-2-23(25-19-21-13-7-4-8-14-21)17-22-15-9-10-16-24(22)18-20-11-5-3-6-12-20/h3-8,11-14,22-23H,2,9-10,15-19H2,1H3/t22-,23-/m0/s1. The molecule has 0 radical (unpaired) electrons. The van der Waals surface area contributed by atoms with Crippen molar-refractivity contribution in [3.63, 3.8) is 0 Å². The normalized spacial score (nSPS) is 19.6. The maximum absolute atomic E-state index is 6.25. The molecular weight excluding hydrogens is 306 g/mol. The fraction of sp³-hybridized carbons (Fsp3) is 0.478. The first-order valence-electron chi connectivity index (χ1n) is 9.78. The molecule has 2 nitrogen and oxygen atoms in total. The molecule has 2 aromatic carbocycles. The van der Waals surface area contributed by atoms with E-state index < -0.39 is 0 Å². The smallest absolute Gasteiger partial charge is 0.0720 e. The van der Waals surface area contributed by atoms with Crippen LogP contribution in [0.2, 0.25) is 0 Å². The zero-order chi connectivity index (χ0) is 17.3. The van der Waals surface area contributed by atoms with Crippen LogP contribution in [0.1, 0.15) is 50.2 Å². The largest absolute Gasteiger partial charge is 0.373 e. The number of rotatable bonds is 8. The molecule has 2 aromatic rings. The Morgan fingerprint density at radius 1 is 0.960 bits per heavy atom.